The number of nitrogens with one attached hydrogen (secondary N) is 1. The number of halogens is 1. The molecule has 1 atom stereocenters. The van der Waals surface area contributed by atoms with Crippen molar-refractivity contribution in [2.75, 3.05) is 0 Å². The van der Waals surface area contributed by atoms with Crippen molar-refractivity contribution in [3.63, 3.8) is 0 Å². The van der Waals surface area contributed by atoms with Crippen LogP contribution in [0.5, 0.6) is 0 Å². The Balaban J connectivity index is 4.11. The zero-order chi connectivity index (χ0) is 11.4. The highest BCUT2D eigenvalue weighted by molar-refractivity contribution is 6.64. The third kappa shape index (κ3) is 5.80. The third-order valence-electron chi connectivity index (χ3n) is 1.37. The van der Waals surface area contributed by atoms with Crippen molar-refractivity contribution in [2.24, 2.45) is 0 Å². The molecule has 0 aliphatic heterocycles. The van der Waals surface area contributed by atoms with Gasteiger partial charge in [0, 0.05) is 0 Å². The average Bonchev–Trinajstić information content (AvgIpc) is 1.96. The molecule has 5 heteroatoms. The third-order valence-corrected chi connectivity index (χ3v) is 1.64. The summed E-state index contributed by atoms with van der Waals surface area (Å²) in [7, 11) is 0. The Hall–Kier alpha value is -0.770. The molecule has 0 spiro atoms. The van der Waals surface area contributed by atoms with E-state index in [1.165, 1.54) is 0 Å². The molecule has 0 saturated carbocycles. The smallest absolute Gasteiger partial charge is 0.408 e. The highest BCUT2D eigenvalue weighted by atomic mass is 35.5. The molecule has 0 aromatic rings. The number of carbonyl (C=O) groups is 2. The number of hydrogen-bond acceptors (Lipinski definition) is 3. The minimum Gasteiger partial charge on any atom is -0.444 e. The van der Waals surface area contributed by atoms with Gasteiger partial charge in [-0.2, -0.15) is 0 Å². The molecule has 0 aliphatic rings. The molecule has 1 N–H and O–H groups in total. The van der Waals surface area contributed by atoms with Gasteiger partial charge in [0.2, 0.25) is 5.24 Å². The number of amides is 1. The van der Waals surface area contributed by atoms with Crippen molar-refractivity contribution in [2.45, 2.75) is 45.8 Å². The van der Waals surface area contributed by atoms with Gasteiger partial charge < -0.3 is 10.1 Å². The molecule has 0 aromatic carbocycles. The maximum atomic E-state index is 11.2. The molecular formula is C9H16ClNO3. The van der Waals surface area contributed by atoms with Crippen molar-refractivity contribution in [1.82, 2.24) is 5.32 Å². The van der Waals surface area contributed by atoms with Crippen molar-refractivity contribution in [1.29, 1.82) is 0 Å². The number of rotatable bonds is 3. The van der Waals surface area contributed by atoms with Gasteiger partial charge in [-0.15, -0.1) is 0 Å². The van der Waals surface area contributed by atoms with E-state index in [-0.39, 0.29) is 0 Å². The van der Waals surface area contributed by atoms with Crippen LogP contribution in [0.15, 0.2) is 0 Å². The first-order valence-electron chi connectivity index (χ1n) is 4.45. The van der Waals surface area contributed by atoms with Crippen LogP contribution in [0.3, 0.4) is 0 Å². The molecule has 4 nitrogen and oxygen atoms in total. The largest absolute Gasteiger partial charge is 0.444 e. The van der Waals surface area contributed by atoms with Crippen LogP contribution in [0.25, 0.3) is 0 Å². The lowest BCUT2D eigenvalue weighted by atomic mass is 10.2. The van der Waals surface area contributed by atoms with Crippen LogP contribution in [0.2, 0.25) is 0 Å². The Morgan fingerprint density at radius 3 is 2.21 bits per heavy atom. The number of hydrogen-bond donors (Lipinski definition) is 1. The summed E-state index contributed by atoms with van der Waals surface area (Å²) in [6.07, 6.45) is -0.181. The van der Waals surface area contributed by atoms with Crippen LogP contribution >= 0.6 is 11.6 Å². The zero-order valence-electron chi connectivity index (χ0n) is 8.89. The number of alkyl carbamates (subject to hydrolysis) is 1. The fourth-order valence-electron chi connectivity index (χ4n) is 0.769. The van der Waals surface area contributed by atoms with Crippen LogP contribution in [-0.2, 0) is 9.53 Å². The Bertz CT molecular complexity index is 223. The van der Waals surface area contributed by atoms with Gasteiger partial charge in [-0.1, -0.05) is 6.92 Å². The minimum absolute atomic E-state index is 0.446. The molecule has 0 aromatic heterocycles. The predicted molar refractivity (Wildman–Crippen MR) is 54.3 cm³/mol. The van der Waals surface area contributed by atoms with Gasteiger partial charge in [0.15, 0.2) is 0 Å². The van der Waals surface area contributed by atoms with Crippen LogP contribution in [0.4, 0.5) is 4.79 Å². The van der Waals surface area contributed by atoms with Crippen molar-refractivity contribution in [3.8, 4) is 0 Å². The van der Waals surface area contributed by atoms with Gasteiger partial charge in [-0.05, 0) is 38.8 Å². The first-order valence-corrected chi connectivity index (χ1v) is 4.83. The molecule has 1 unspecified atom stereocenters. The van der Waals surface area contributed by atoms with E-state index in [2.05, 4.69) is 5.32 Å². The Morgan fingerprint density at radius 2 is 1.93 bits per heavy atom. The molecule has 1 amide bonds. The molecule has 0 bridgehead atoms. The SMILES string of the molecule is CCC(NC(=O)OC(C)(C)C)C(=O)Cl. The molecule has 0 saturated heterocycles. The standard InChI is InChI=1S/C9H16ClNO3/c1-5-6(7(10)12)11-8(13)14-9(2,3)4/h6H,5H2,1-4H3,(H,11,13). The van der Waals surface area contributed by atoms with E-state index < -0.39 is 23.0 Å². The fourth-order valence-corrected chi connectivity index (χ4v) is 0.978. The summed E-state index contributed by atoms with van der Waals surface area (Å²) in [6, 6.07) is -0.675. The molecular weight excluding hydrogens is 206 g/mol. The van der Waals surface area contributed by atoms with E-state index in [0.29, 0.717) is 6.42 Å². The van der Waals surface area contributed by atoms with Crippen molar-refractivity contribution >= 4 is 22.9 Å². The van der Waals surface area contributed by atoms with E-state index in [0.717, 1.165) is 0 Å². The summed E-state index contributed by atoms with van der Waals surface area (Å²) in [5, 5.41) is 1.80. The average molecular weight is 222 g/mol. The summed E-state index contributed by atoms with van der Waals surface area (Å²) in [4.78, 5) is 22.0. The second kappa shape index (κ2) is 5.20. The zero-order valence-corrected chi connectivity index (χ0v) is 9.64. The molecule has 0 rings (SSSR count). The van der Waals surface area contributed by atoms with Gasteiger partial charge in [0.1, 0.15) is 11.6 Å². The first kappa shape index (κ1) is 13.2. The summed E-state index contributed by atoms with van der Waals surface area (Å²) >= 11 is 5.25. The van der Waals surface area contributed by atoms with Crippen molar-refractivity contribution in [3.05, 3.63) is 0 Å². The minimum atomic E-state index is -0.675. The number of carbonyl (C=O) groups excluding carboxylic acids is 2. The molecule has 0 heterocycles. The summed E-state index contributed by atoms with van der Waals surface area (Å²) in [6.45, 7) is 6.99. The van der Waals surface area contributed by atoms with Crippen LogP contribution in [0, 0.1) is 0 Å². The number of ether oxygens (including phenoxy) is 1. The highest BCUT2D eigenvalue weighted by Crippen LogP contribution is 2.07. The fraction of sp³-hybridized carbons (Fsp3) is 0.778. The Labute approximate surface area is 88.9 Å². The maximum absolute atomic E-state index is 11.2. The molecule has 0 radical (unpaired) electrons. The van der Waals surface area contributed by atoms with Crippen LogP contribution in [-0.4, -0.2) is 23.0 Å². The quantitative estimate of drug-likeness (QED) is 0.743. The lowest BCUT2D eigenvalue weighted by Gasteiger charge is -2.21. The second-order valence-electron chi connectivity index (χ2n) is 3.91. The monoisotopic (exact) mass is 221 g/mol. The van der Waals surface area contributed by atoms with Gasteiger partial charge in [0.25, 0.3) is 0 Å². The molecule has 14 heavy (non-hydrogen) atoms. The summed E-state index contributed by atoms with van der Waals surface area (Å²) in [5.74, 6) is 0. The molecule has 0 aliphatic carbocycles. The molecule has 0 fully saturated rings. The van der Waals surface area contributed by atoms with Crippen molar-refractivity contribution < 1.29 is 14.3 Å². The summed E-state index contributed by atoms with van der Waals surface area (Å²) < 4.78 is 4.96. The predicted octanol–water partition coefficient (Wildman–Crippen LogP) is 2.06. The van der Waals surface area contributed by atoms with E-state index in [1.807, 2.05) is 0 Å². The van der Waals surface area contributed by atoms with Gasteiger partial charge in [-0.3, -0.25) is 4.79 Å². The Morgan fingerprint density at radius 1 is 1.43 bits per heavy atom. The highest BCUT2D eigenvalue weighted by Gasteiger charge is 2.21. The van der Waals surface area contributed by atoms with E-state index in [4.69, 9.17) is 16.3 Å². The van der Waals surface area contributed by atoms with E-state index in [9.17, 15) is 9.59 Å². The Kier molecular flexibility index (Phi) is 4.91. The topological polar surface area (TPSA) is 55.4 Å². The normalized spacial score (nSPS) is 13.2. The molecule has 82 valence electrons. The van der Waals surface area contributed by atoms with E-state index in [1.54, 1.807) is 27.7 Å². The first-order chi connectivity index (χ1) is 6.26. The van der Waals surface area contributed by atoms with Gasteiger partial charge in [0.05, 0.1) is 0 Å². The van der Waals surface area contributed by atoms with Crippen LogP contribution in [0.1, 0.15) is 34.1 Å². The van der Waals surface area contributed by atoms with Crippen LogP contribution < -0.4 is 5.32 Å². The van der Waals surface area contributed by atoms with E-state index >= 15 is 0 Å². The maximum Gasteiger partial charge on any atom is 0.408 e. The van der Waals surface area contributed by atoms with Gasteiger partial charge in [-0.25, -0.2) is 4.79 Å². The summed E-state index contributed by atoms with van der Waals surface area (Å²) in [5.41, 5.74) is -0.572. The second-order valence-corrected chi connectivity index (χ2v) is 4.28. The lowest BCUT2D eigenvalue weighted by molar-refractivity contribution is -0.113. The van der Waals surface area contributed by atoms with Gasteiger partial charge >= 0.3 is 6.09 Å². The lowest BCUT2D eigenvalue weighted by Crippen LogP contribution is -2.41.